The molecule has 0 radical (unpaired) electrons. The summed E-state index contributed by atoms with van der Waals surface area (Å²) in [4.78, 5) is 11.1. The molecule has 3 nitrogen and oxygen atoms in total. The molecule has 0 amide bonds. The van der Waals surface area contributed by atoms with Gasteiger partial charge >= 0.3 is 5.97 Å². The zero-order valence-corrected chi connectivity index (χ0v) is 9.64. The van der Waals surface area contributed by atoms with Gasteiger partial charge in [0, 0.05) is 12.6 Å². The van der Waals surface area contributed by atoms with E-state index in [-0.39, 0.29) is 5.97 Å². The fourth-order valence-corrected chi connectivity index (χ4v) is 1.07. The Balaban J connectivity index is 3.20. The van der Waals surface area contributed by atoms with E-state index in [1.54, 1.807) is 0 Å². The summed E-state index contributed by atoms with van der Waals surface area (Å²) in [7, 11) is 0. The van der Waals surface area contributed by atoms with Crippen molar-refractivity contribution >= 4 is 5.97 Å². The third-order valence-corrected chi connectivity index (χ3v) is 1.89. The van der Waals surface area contributed by atoms with Gasteiger partial charge in [-0.2, -0.15) is 0 Å². The Kier molecular flexibility index (Phi) is 8.64. The molecule has 0 heterocycles. The number of hydrogen-bond acceptors (Lipinski definition) is 3. The fraction of sp³-hybridized carbons (Fsp3) is 0.909. The number of nitrogens with one attached hydrogen (secondary N) is 1. The first-order chi connectivity index (χ1) is 6.66. The van der Waals surface area contributed by atoms with Crippen molar-refractivity contribution in [2.24, 2.45) is 0 Å². The maximum absolute atomic E-state index is 11.1. The lowest BCUT2D eigenvalue weighted by atomic mass is 10.3. The normalized spacial score (nSPS) is 10.6. The molecule has 0 aliphatic rings. The molecule has 0 aliphatic heterocycles. The minimum absolute atomic E-state index is 0.0887. The number of hydrogen-bond donors (Lipinski definition) is 1. The van der Waals surface area contributed by atoms with Crippen molar-refractivity contribution < 1.29 is 9.53 Å². The molecule has 0 fully saturated rings. The first-order valence-corrected chi connectivity index (χ1v) is 5.55. The molecule has 0 bridgehead atoms. The van der Waals surface area contributed by atoms with Crippen molar-refractivity contribution in [1.82, 2.24) is 5.32 Å². The minimum atomic E-state index is -0.0887. The van der Waals surface area contributed by atoms with Crippen LogP contribution in [-0.2, 0) is 9.53 Å². The topological polar surface area (TPSA) is 38.3 Å². The zero-order chi connectivity index (χ0) is 10.8. The van der Waals surface area contributed by atoms with E-state index >= 15 is 0 Å². The van der Waals surface area contributed by atoms with Crippen LogP contribution in [0.1, 0.15) is 46.5 Å². The van der Waals surface area contributed by atoms with E-state index in [0.717, 1.165) is 19.3 Å². The number of rotatable bonds is 8. The Bertz CT molecular complexity index is 146. The number of ether oxygens (including phenoxy) is 1. The Hall–Kier alpha value is -0.570. The van der Waals surface area contributed by atoms with E-state index < -0.39 is 0 Å². The van der Waals surface area contributed by atoms with Crippen LogP contribution in [0.25, 0.3) is 0 Å². The summed E-state index contributed by atoms with van der Waals surface area (Å²) < 4.78 is 5.05. The van der Waals surface area contributed by atoms with E-state index in [9.17, 15) is 4.79 Å². The summed E-state index contributed by atoms with van der Waals surface area (Å²) in [5.74, 6) is -0.0887. The maximum atomic E-state index is 11.1. The van der Waals surface area contributed by atoms with Crippen molar-refractivity contribution in [1.29, 1.82) is 0 Å². The van der Waals surface area contributed by atoms with Crippen LogP contribution in [0.2, 0.25) is 0 Å². The van der Waals surface area contributed by atoms with Crippen molar-refractivity contribution in [2.45, 2.75) is 52.5 Å². The number of unbranched alkanes of at least 4 members (excludes halogenated alkanes) is 2. The molecule has 0 rings (SSSR count). The highest BCUT2D eigenvalue weighted by Gasteiger charge is 2.02. The van der Waals surface area contributed by atoms with Gasteiger partial charge in [0.2, 0.25) is 0 Å². The maximum Gasteiger partial charge on any atom is 0.307 e. The lowest BCUT2D eigenvalue weighted by molar-refractivity contribution is -0.143. The Labute approximate surface area is 87.2 Å². The molecule has 0 aromatic rings. The van der Waals surface area contributed by atoms with Crippen LogP contribution in [0.5, 0.6) is 0 Å². The van der Waals surface area contributed by atoms with Crippen LogP contribution in [0.4, 0.5) is 0 Å². The molecule has 0 spiro atoms. The molecule has 0 atom stereocenters. The minimum Gasteiger partial charge on any atom is -0.466 e. The summed E-state index contributed by atoms with van der Waals surface area (Å²) >= 11 is 0. The molecule has 0 saturated carbocycles. The Morgan fingerprint density at radius 1 is 1.36 bits per heavy atom. The second-order valence-corrected chi connectivity index (χ2v) is 3.79. The molecule has 0 unspecified atom stereocenters. The number of carbonyl (C=O) groups excluding carboxylic acids is 1. The number of carbonyl (C=O) groups is 1. The highest BCUT2D eigenvalue weighted by Crippen LogP contribution is 1.95. The van der Waals surface area contributed by atoms with Gasteiger partial charge in [0.1, 0.15) is 0 Å². The molecule has 0 aromatic carbocycles. The van der Waals surface area contributed by atoms with Gasteiger partial charge in [-0.25, -0.2) is 0 Å². The molecule has 0 saturated heterocycles. The lowest BCUT2D eigenvalue weighted by Gasteiger charge is -2.07. The van der Waals surface area contributed by atoms with Crippen molar-refractivity contribution in [3.05, 3.63) is 0 Å². The lowest BCUT2D eigenvalue weighted by Crippen LogP contribution is -2.26. The van der Waals surface area contributed by atoms with Crippen LogP contribution in [0.3, 0.4) is 0 Å². The van der Waals surface area contributed by atoms with Crippen molar-refractivity contribution in [2.75, 3.05) is 13.2 Å². The first kappa shape index (κ1) is 13.4. The molecule has 3 heteroatoms. The molecule has 84 valence electrons. The molecule has 1 N–H and O–H groups in total. The summed E-state index contributed by atoms with van der Waals surface area (Å²) in [6.45, 7) is 7.55. The molecule has 0 aliphatic carbocycles. The van der Waals surface area contributed by atoms with Gasteiger partial charge in [-0.3, -0.25) is 4.79 Å². The van der Waals surface area contributed by atoms with Gasteiger partial charge in [0.05, 0.1) is 13.0 Å². The Morgan fingerprint density at radius 3 is 2.64 bits per heavy atom. The van der Waals surface area contributed by atoms with Crippen LogP contribution in [-0.4, -0.2) is 25.2 Å². The third kappa shape index (κ3) is 9.52. The highest BCUT2D eigenvalue weighted by atomic mass is 16.5. The second-order valence-electron chi connectivity index (χ2n) is 3.79. The quantitative estimate of drug-likeness (QED) is 0.483. The van der Waals surface area contributed by atoms with Crippen LogP contribution >= 0.6 is 0 Å². The van der Waals surface area contributed by atoms with Crippen LogP contribution in [0.15, 0.2) is 0 Å². The fourth-order valence-electron chi connectivity index (χ4n) is 1.07. The smallest absolute Gasteiger partial charge is 0.307 e. The van der Waals surface area contributed by atoms with Gasteiger partial charge in [0.25, 0.3) is 0 Å². The largest absolute Gasteiger partial charge is 0.466 e. The van der Waals surface area contributed by atoms with Gasteiger partial charge in [-0.1, -0.05) is 33.6 Å². The Morgan fingerprint density at radius 2 is 2.07 bits per heavy atom. The molecule has 14 heavy (non-hydrogen) atoms. The summed E-state index contributed by atoms with van der Waals surface area (Å²) in [5.41, 5.74) is 0. The van der Waals surface area contributed by atoms with Crippen LogP contribution in [0, 0.1) is 0 Å². The average molecular weight is 201 g/mol. The van der Waals surface area contributed by atoms with Crippen molar-refractivity contribution in [3.8, 4) is 0 Å². The standard InChI is InChI=1S/C11H23NO2/c1-4-5-6-9-14-11(13)7-8-12-10(2)3/h10,12H,4-9H2,1-3H3. The van der Waals surface area contributed by atoms with Gasteiger partial charge in [0.15, 0.2) is 0 Å². The molecular weight excluding hydrogens is 178 g/mol. The van der Waals surface area contributed by atoms with Gasteiger partial charge in [-0.15, -0.1) is 0 Å². The van der Waals surface area contributed by atoms with Crippen molar-refractivity contribution in [3.63, 3.8) is 0 Å². The van der Waals surface area contributed by atoms with E-state index in [4.69, 9.17) is 4.74 Å². The van der Waals surface area contributed by atoms with E-state index in [0.29, 0.717) is 25.6 Å². The predicted octanol–water partition coefficient (Wildman–Crippen LogP) is 2.11. The summed E-state index contributed by atoms with van der Waals surface area (Å²) in [6.07, 6.45) is 3.76. The van der Waals surface area contributed by atoms with Gasteiger partial charge in [-0.05, 0) is 6.42 Å². The first-order valence-electron chi connectivity index (χ1n) is 5.55. The monoisotopic (exact) mass is 201 g/mol. The van der Waals surface area contributed by atoms with E-state index in [1.807, 2.05) is 0 Å². The highest BCUT2D eigenvalue weighted by molar-refractivity contribution is 5.69. The second kappa shape index (κ2) is 9.00. The molecule has 0 aromatic heterocycles. The van der Waals surface area contributed by atoms with Gasteiger partial charge < -0.3 is 10.1 Å². The SMILES string of the molecule is CCCCCOC(=O)CCNC(C)C. The zero-order valence-electron chi connectivity index (χ0n) is 9.64. The number of esters is 1. The predicted molar refractivity (Wildman–Crippen MR) is 58.2 cm³/mol. The van der Waals surface area contributed by atoms with E-state index in [2.05, 4.69) is 26.1 Å². The summed E-state index contributed by atoms with van der Waals surface area (Å²) in [5, 5.41) is 3.18. The molecular formula is C11H23NO2. The summed E-state index contributed by atoms with van der Waals surface area (Å²) in [6, 6.07) is 0.433. The average Bonchev–Trinajstić information content (AvgIpc) is 2.12. The van der Waals surface area contributed by atoms with E-state index in [1.165, 1.54) is 0 Å². The van der Waals surface area contributed by atoms with Crippen LogP contribution < -0.4 is 5.32 Å². The third-order valence-electron chi connectivity index (χ3n) is 1.89.